The van der Waals surface area contributed by atoms with Crippen LogP contribution in [0.4, 0.5) is 0 Å². The molecule has 1 aliphatic rings. The molecule has 30 heavy (non-hydrogen) atoms. The zero-order chi connectivity index (χ0) is 21.3. The summed E-state index contributed by atoms with van der Waals surface area (Å²) in [6, 6.07) is 15.3. The van der Waals surface area contributed by atoms with E-state index in [-0.39, 0.29) is 24.2 Å². The van der Waals surface area contributed by atoms with Gasteiger partial charge in [-0.2, -0.15) is 0 Å². The number of Topliss-reactive ketones (excluding diaryl/α,β-unsaturated/α-hetero) is 1. The van der Waals surface area contributed by atoms with E-state index in [1.807, 2.05) is 29.7 Å². The van der Waals surface area contributed by atoms with Crippen LogP contribution in [0.25, 0.3) is 0 Å². The van der Waals surface area contributed by atoms with E-state index in [1.165, 1.54) is 5.56 Å². The first-order valence-electron chi connectivity index (χ1n) is 10.2. The number of carbonyl (C=O) groups excluding carboxylic acids is 2. The van der Waals surface area contributed by atoms with E-state index in [0.717, 1.165) is 44.0 Å². The zero-order valence-electron chi connectivity index (χ0n) is 17.3. The van der Waals surface area contributed by atoms with Crippen LogP contribution in [-0.4, -0.2) is 61.2 Å². The monoisotopic (exact) mass is 411 g/mol. The number of hydroxylamine groups is 1. The standard InChI is InChI=1S/C23H29N3O4/c1-17(27)22(20-6-8-21(9-7-20)23(28)24-10-11-25-29)19-4-2-18(3-5-19)16-26-12-14-30-15-13-26/h2-9,22,25,29H,10-16H2,1H3,(H,24,28). The Balaban J connectivity index is 1.69. The number of ether oxygens (including phenoxy) is 1. The second-order valence-corrected chi connectivity index (χ2v) is 7.46. The highest BCUT2D eigenvalue weighted by atomic mass is 16.5. The minimum atomic E-state index is -0.363. The number of nitrogens with one attached hydrogen (secondary N) is 2. The van der Waals surface area contributed by atoms with Crippen molar-refractivity contribution in [1.82, 2.24) is 15.7 Å². The van der Waals surface area contributed by atoms with E-state index in [1.54, 1.807) is 19.1 Å². The molecule has 1 fully saturated rings. The summed E-state index contributed by atoms with van der Waals surface area (Å²) in [5.74, 6) is -0.524. The highest BCUT2D eigenvalue weighted by Gasteiger charge is 2.20. The zero-order valence-corrected chi connectivity index (χ0v) is 17.3. The van der Waals surface area contributed by atoms with Crippen LogP contribution in [0.1, 0.15) is 39.9 Å². The van der Waals surface area contributed by atoms with Gasteiger partial charge in [0.05, 0.1) is 19.1 Å². The second kappa shape index (κ2) is 11.0. The highest BCUT2D eigenvalue weighted by Crippen LogP contribution is 2.26. The van der Waals surface area contributed by atoms with Crippen LogP contribution in [0.3, 0.4) is 0 Å². The maximum Gasteiger partial charge on any atom is 0.251 e. The summed E-state index contributed by atoms with van der Waals surface area (Å²) >= 11 is 0. The van der Waals surface area contributed by atoms with Gasteiger partial charge in [0.2, 0.25) is 0 Å². The molecule has 1 aliphatic heterocycles. The van der Waals surface area contributed by atoms with Gasteiger partial charge < -0.3 is 15.3 Å². The number of morpholine rings is 1. The Labute approximate surface area is 177 Å². The van der Waals surface area contributed by atoms with E-state index >= 15 is 0 Å². The molecule has 1 atom stereocenters. The fraction of sp³-hybridized carbons (Fsp3) is 0.391. The molecule has 0 bridgehead atoms. The van der Waals surface area contributed by atoms with Crippen molar-refractivity contribution >= 4 is 11.7 Å². The summed E-state index contributed by atoms with van der Waals surface area (Å²) < 4.78 is 5.39. The van der Waals surface area contributed by atoms with E-state index in [9.17, 15) is 9.59 Å². The number of carbonyl (C=O) groups is 2. The third kappa shape index (κ3) is 5.96. The summed E-state index contributed by atoms with van der Waals surface area (Å²) in [5, 5.41) is 11.3. The van der Waals surface area contributed by atoms with Crippen molar-refractivity contribution in [2.24, 2.45) is 0 Å². The first-order chi connectivity index (χ1) is 14.6. The minimum absolute atomic E-state index is 0.0575. The SMILES string of the molecule is CC(=O)C(c1ccc(CN2CCOCC2)cc1)c1ccc(C(=O)NCCNO)cc1. The predicted molar refractivity (Wildman–Crippen MR) is 114 cm³/mol. The molecule has 7 nitrogen and oxygen atoms in total. The maximum absolute atomic E-state index is 12.4. The molecule has 0 saturated carbocycles. The van der Waals surface area contributed by atoms with Gasteiger partial charge in [0, 0.05) is 38.3 Å². The second-order valence-electron chi connectivity index (χ2n) is 7.46. The Morgan fingerprint density at radius 3 is 2.17 bits per heavy atom. The van der Waals surface area contributed by atoms with Crippen LogP contribution >= 0.6 is 0 Å². The van der Waals surface area contributed by atoms with Crippen LogP contribution in [0.15, 0.2) is 48.5 Å². The number of nitrogens with zero attached hydrogens (tertiary/aromatic N) is 1. The summed E-state index contributed by atoms with van der Waals surface area (Å²) in [6.07, 6.45) is 0. The third-order valence-corrected chi connectivity index (χ3v) is 5.26. The van der Waals surface area contributed by atoms with E-state index in [4.69, 9.17) is 9.94 Å². The van der Waals surface area contributed by atoms with Gasteiger partial charge in [-0.05, 0) is 35.7 Å². The molecule has 1 amide bonds. The minimum Gasteiger partial charge on any atom is -0.379 e. The number of rotatable bonds is 9. The lowest BCUT2D eigenvalue weighted by Crippen LogP contribution is -2.35. The number of hydrogen-bond acceptors (Lipinski definition) is 6. The molecular weight excluding hydrogens is 382 g/mol. The summed E-state index contributed by atoms with van der Waals surface area (Å²) in [5.41, 5.74) is 5.53. The van der Waals surface area contributed by atoms with E-state index < -0.39 is 0 Å². The van der Waals surface area contributed by atoms with Crippen molar-refractivity contribution in [3.8, 4) is 0 Å². The Kier molecular flexibility index (Phi) is 8.10. The molecular formula is C23H29N3O4. The van der Waals surface area contributed by atoms with Gasteiger partial charge in [0.25, 0.3) is 5.91 Å². The smallest absolute Gasteiger partial charge is 0.251 e. The number of amides is 1. The topological polar surface area (TPSA) is 90.9 Å². The molecule has 0 aromatic heterocycles. The molecule has 0 aliphatic carbocycles. The van der Waals surface area contributed by atoms with Crippen LogP contribution in [0.5, 0.6) is 0 Å². The maximum atomic E-state index is 12.4. The van der Waals surface area contributed by atoms with Crippen molar-refractivity contribution in [2.45, 2.75) is 19.4 Å². The van der Waals surface area contributed by atoms with Crippen molar-refractivity contribution in [1.29, 1.82) is 0 Å². The van der Waals surface area contributed by atoms with Crippen LogP contribution in [0.2, 0.25) is 0 Å². The average Bonchev–Trinajstić information content (AvgIpc) is 2.76. The first-order valence-corrected chi connectivity index (χ1v) is 10.2. The Morgan fingerprint density at radius 1 is 1.00 bits per heavy atom. The number of benzene rings is 2. The fourth-order valence-electron chi connectivity index (χ4n) is 3.66. The molecule has 2 aromatic carbocycles. The molecule has 7 heteroatoms. The number of ketones is 1. The molecule has 3 N–H and O–H groups in total. The van der Waals surface area contributed by atoms with Crippen LogP contribution < -0.4 is 10.8 Å². The Bertz CT molecular complexity index is 831. The van der Waals surface area contributed by atoms with E-state index in [2.05, 4.69) is 22.3 Å². The highest BCUT2D eigenvalue weighted by molar-refractivity contribution is 5.94. The molecule has 0 radical (unpaired) electrons. The Hall–Kier alpha value is -2.58. The molecule has 2 aromatic rings. The largest absolute Gasteiger partial charge is 0.379 e. The van der Waals surface area contributed by atoms with Gasteiger partial charge in [-0.3, -0.25) is 14.5 Å². The van der Waals surface area contributed by atoms with Crippen molar-refractivity contribution < 1.29 is 19.5 Å². The quantitative estimate of drug-likeness (QED) is 0.432. The molecule has 1 heterocycles. The van der Waals surface area contributed by atoms with Crippen LogP contribution in [0, 0.1) is 0 Å². The average molecular weight is 412 g/mol. The van der Waals surface area contributed by atoms with Crippen molar-refractivity contribution in [3.05, 3.63) is 70.8 Å². The van der Waals surface area contributed by atoms with E-state index in [0.29, 0.717) is 12.1 Å². The van der Waals surface area contributed by atoms with Crippen molar-refractivity contribution in [2.75, 3.05) is 39.4 Å². The van der Waals surface area contributed by atoms with Gasteiger partial charge in [-0.1, -0.05) is 36.4 Å². The van der Waals surface area contributed by atoms with Gasteiger partial charge in [0.15, 0.2) is 0 Å². The first kappa shape index (κ1) is 22.1. The molecule has 3 rings (SSSR count). The fourth-order valence-corrected chi connectivity index (χ4v) is 3.66. The summed E-state index contributed by atoms with van der Waals surface area (Å²) in [6.45, 7) is 6.50. The lowest BCUT2D eigenvalue weighted by molar-refractivity contribution is -0.117. The van der Waals surface area contributed by atoms with Crippen LogP contribution in [-0.2, 0) is 16.1 Å². The van der Waals surface area contributed by atoms with Gasteiger partial charge in [-0.25, -0.2) is 5.48 Å². The van der Waals surface area contributed by atoms with Gasteiger partial charge in [0.1, 0.15) is 5.78 Å². The molecule has 1 unspecified atom stereocenters. The predicted octanol–water partition coefficient (Wildman–Crippen LogP) is 1.95. The molecule has 1 saturated heterocycles. The normalized spacial score (nSPS) is 15.5. The lowest BCUT2D eigenvalue weighted by Gasteiger charge is -2.26. The molecule has 0 spiro atoms. The summed E-state index contributed by atoms with van der Waals surface area (Å²) in [4.78, 5) is 26.9. The summed E-state index contributed by atoms with van der Waals surface area (Å²) in [7, 11) is 0. The van der Waals surface area contributed by atoms with Gasteiger partial charge in [-0.15, -0.1) is 0 Å². The lowest BCUT2D eigenvalue weighted by atomic mass is 9.87. The number of hydrogen-bond donors (Lipinski definition) is 3. The van der Waals surface area contributed by atoms with Gasteiger partial charge >= 0.3 is 0 Å². The molecule has 160 valence electrons. The third-order valence-electron chi connectivity index (χ3n) is 5.26. The Morgan fingerprint density at radius 2 is 1.60 bits per heavy atom. The van der Waals surface area contributed by atoms with Crippen molar-refractivity contribution in [3.63, 3.8) is 0 Å².